The molecule has 1 atom stereocenters. The summed E-state index contributed by atoms with van der Waals surface area (Å²) in [7, 11) is 0. The zero-order valence-electron chi connectivity index (χ0n) is 10.5. The van der Waals surface area contributed by atoms with Gasteiger partial charge in [0.15, 0.2) is 5.82 Å². The van der Waals surface area contributed by atoms with Gasteiger partial charge in [0, 0.05) is 28.8 Å². The standard InChI is InChI=1S/C12H19N3OS/c1-12(2,3)9-6-10(15-14-9)13-11(16)8-4-5-17-7-8/h6,8H,4-5,7H2,1-3H3,(H2,13,14,15,16). The van der Waals surface area contributed by atoms with Crippen LogP contribution in [-0.2, 0) is 10.2 Å². The second kappa shape index (κ2) is 4.72. The van der Waals surface area contributed by atoms with Gasteiger partial charge in [-0.1, -0.05) is 20.8 Å². The van der Waals surface area contributed by atoms with Crippen LogP contribution < -0.4 is 5.32 Å². The van der Waals surface area contributed by atoms with E-state index in [9.17, 15) is 4.79 Å². The molecule has 4 nitrogen and oxygen atoms in total. The lowest BCUT2D eigenvalue weighted by Crippen LogP contribution is -2.22. The Bertz CT molecular complexity index is 402. The highest BCUT2D eigenvalue weighted by molar-refractivity contribution is 7.99. The quantitative estimate of drug-likeness (QED) is 0.851. The van der Waals surface area contributed by atoms with Crippen molar-refractivity contribution in [2.75, 3.05) is 16.8 Å². The van der Waals surface area contributed by atoms with Gasteiger partial charge in [0.05, 0.1) is 0 Å². The Labute approximate surface area is 106 Å². The maximum Gasteiger partial charge on any atom is 0.229 e. The summed E-state index contributed by atoms with van der Waals surface area (Å²) in [6.45, 7) is 6.33. The van der Waals surface area contributed by atoms with E-state index in [1.807, 2.05) is 17.8 Å². The Kier molecular flexibility index (Phi) is 3.47. The van der Waals surface area contributed by atoms with E-state index in [1.165, 1.54) is 0 Å². The van der Waals surface area contributed by atoms with Crippen LogP contribution in [0.4, 0.5) is 5.82 Å². The van der Waals surface area contributed by atoms with Crippen molar-refractivity contribution in [3.63, 3.8) is 0 Å². The molecule has 5 heteroatoms. The fourth-order valence-electron chi connectivity index (χ4n) is 1.74. The summed E-state index contributed by atoms with van der Waals surface area (Å²) in [6, 6.07) is 1.92. The molecule has 0 spiro atoms. The molecule has 2 rings (SSSR count). The van der Waals surface area contributed by atoms with Crippen LogP contribution in [-0.4, -0.2) is 27.6 Å². The summed E-state index contributed by atoms with van der Waals surface area (Å²) in [6.07, 6.45) is 0.979. The summed E-state index contributed by atoms with van der Waals surface area (Å²) in [4.78, 5) is 11.9. The lowest BCUT2D eigenvalue weighted by Gasteiger charge is -2.14. The van der Waals surface area contributed by atoms with Crippen LogP contribution in [0.15, 0.2) is 6.07 Å². The number of nitrogens with zero attached hydrogens (tertiary/aromatic N) is 1. The molecule has 1 fully saturated rings. The lowest BCUT2D eigenvalue weighted by atomic mass is 9.92. The molecule has 0 saturated carbocycles. The molecule has 1 aliphatic heterocycles. The number of rotatable bonds is 2. The third-order valence-corrected chi connectivity index (χ3v) is 4.10. The van der Waals surface area contributed by atoms with Crippen molar-refractivity contribution in [3.8, 4) is 0 Å². The zero-order chi connectivity index (χ0) is 12.5. The van der Waals surface area contributed by atoms with E-state index < -0.39 is 0 Å². The van der Waals surface area contributed by atoms with Crippen LogP contribution in [0.5, 0.6) is 0 Å². The molecule has 17 heavy (non-hydrogen) atoms. The molecule has 2 heterocycles. The fraction of sp³-hybridized carbons (Fsp3) is 0.667. The van der Waals surface area contributed by atoms with E-state index in [0.29, 0.717) is 5.82 Å². The maximum atomic E-state index is 11.9. The number of amides is 1. The molecule has 1 amide bonds. The molecule has 0 aromatic carbocycles. The molecule has 1 aliphatic rings. The number of aromatic amines is 1. The number of carbonyl (C=O) groups is 1. The van der Waals surface area contributed by atoms with Crippen molar-refractivity contribution < 1.29 is 4.79 Å². The van der Waals surface area contributed by atoms with Crippen LogP contribution in [0.3, 0.4) is 0 Å². The monoisotopic (exact) mass is 253 g/mol. The van der Waals surface area contributed by atoms with Crippen LogP contribution >= 0.6 is 11.8 Å². The maximum absolute atomic E-state index is 11.9. The molecular formula is C12H19N3OS. The molecule has 1 aromatic heterocycles. The minimum Gasteiger partial charge on any atom is -0.309 e. The minimum atomic E-state index is 0.0270. The van der Waals surface area contributed by atoms with E-state index >= 15 is 0 Å². The van der Waals surface area contributed by atoms with Crippen LogP contribution in [0, 0.1) is 5.92 Å². The Morgan fingerprint density at radius 3 is 2.88 bits per heavy atom. The summed E-state index contributed by atoms with van der Waals surface area (Å²) < 4.78 is 0. The van der Waals surface area contributed by atoms with Crippen molar-refractivity contribution in [3.05, 3.63) is 11.8 Å². The molecule has 94 valence electrons. The second-order valence-corrected chi connectivity index (χ2v) is 6.62. The SMILES string of the molecule is CC(C)(C)c1cc(NC(=O)C2CCSC2)n[nH]1. The highest BCUT2D eigenvalue weighted by atomic mass is 32.2. The summed E-state index contributed by atoms with van der Waals surface area (Å²) >= 11 is 1.84. The first kappa shape index (κ1) is 12.5. The summed E-state index contributed by atoms with van der Waals surface area (Å²) in [5.74, 6) is 2.91. The van der Waals surface area contributed by atoms with Crippen molar-refractivity contribution in [1.82, 2.24) is 10.2 Å². The predicted molar refractivity (Wildman–Crippen MR) is 71.3 cm³/mol. The van der Waals surface area contributed by atoms with Crippen molar-refractivity contribution >= 4 is 23.5 Å². The number of H-pyrrole nitrogens is 1. The van der Waals surface area contributed by atoms with Gasteiger partial charge in [0.25, 0.3) is 0 Å². The van der Waals surface area contributed by atoms with Gasteiger partial charge in [0.2, 0.25) is 5.91 Å². The smallest absolute Gasteiger partial charge is 0.229 e. The molecule has 1 aromatic rings. The van der Waals surface area contributed by atoms with Gasteiger partial charge in [0.1, 0.15) is 0 Å². The number of anilines is 1. The molecule has 2 N–H and O–H groups in total. The van der Waals surface area contributed by atoms with Gasteiger partial charge < -0.3 is 5.32 Å². The van der Waals surface area contributed by atoms with Crippen molar-refractivity contribution in [1.29, 1.82) is 0 Å². The topological polar surface area (TPSA) is 57.8 Å². The van der Waals surface area contributed by atoms with Gasteiger partial charge in [-0.2, -0.15) is 16.9 Å². The van der Waals surface area contributed by atoms with Gasteiger partial charge in [-0.3, -0.25) is 9.89 Å². The largest absolute Gasteiger partial charge is 0.309 e. The molecule has 0 radical (unpaired) electrons. The zero-order valence-corrected chi connectivity index (χ0v) is 11.4. The molecule has 1 saturated heterocycles. The number of carbonyl (C=O) groups excluding carboxylic acids is 1. The number of nitrogens with one attached hydrogen (secondary N) is 2. The molecular weight excluding hydrogens is 234 g/mol. The first-order valence-corrected chi connectivity index (χ1v) is 7.07. The highest BCUT2D eigenvalue weighted by Gasteiger charge is 2.24. The van der Waals surface area contributed by atoms with Gasteiger partial charge in [-0.05, 0) is 12.2 Å². The minimum absolute atomic E-state index is 0.0270. The van der Waals surface area contributed by atoms with E-state index in [0.717, 1.165) is 23.6 Å². The average Bonchev–Trinajstić information content (AvgIpc) is 2.85. The number of hydrogen-bond acceptors (Lipinski definition) is 3. The number of thioether (sulfide) groups is 1. The summed E-state index contributed by atoms with van der Waals surface area (Å²) in [5.41, 5.74) is 1.06. The van der Waals surface area contributed by atoms with Crippen LogP contribution in [0.25, 0.3) is 0 Å². The normalized spacial score (nSPS) is 20.5. The predicted octanol–water partition coefficient (Wildman–Crippen LogP) is 2.40. The molecule has 1 unspecified atom stereocenters. The Morgan fingerprint density at radius 1 is 1.59 bits per heavy atom. The number of hydrogen-bond donors (Lipinski definition) is 2. The van der Waals surface area contributed by atoms with Crippen LogP contribution in [0.1, 0.15) is 32.9 Å². The first-order chi connectivity index (χ1) is 7.97. The second-order valence-electron chi connectivity index (χ2n) is 5.47. The molecule has 0 bridgehead atoms. The molecule has 0 aliphatic carbocycles. The first-order valence-electron chi connectivity index (χ1n) is 5.91. The fourth-order valence-corrected chi connectivity index (χ4v) is 2.96. The van der Waals surface area contributed by atoms with Gasteiger partial charge in [-0.15, -0.1) is 0 Å². The third-order valence-electron chi connectivity index (χ3n) is 2.94. The number of aromatic nitrogens is 2. The van der Waals surface area contributed by atoms with E-state index in [2.05, 4.69) is 36.3 Å². The van der Waals surface area contributed by atoms with Crippen molar-refractivity contribution in [2.45, 2.75) is 32.6 Å². The Balaban J connectivity index is 1.99. The van der Waals surface area contributed by atoms with E-state index in [-0.39, 0.29) is 17.2 Å². The van der Waals surface area contributed by atoms with Gasteiger partial charge >= 0.3 is 0 Å². The highest BCUT2D eigenvalue weighted by Crippen LogP contribution is 2.25. The lowest BCUT2D eigenvalue weighted by molar-refractivity contribution is -0.119. The van der Waals surface area contributed by atoms with Crippen LogP contribution in [0.2, 0.25) is 0 Å². The Hall–Kier alpha value is -0.970. The van der Waals surface area contributed by atoms with E-state index in [1.54, 1.807) is 0 Å². The van der Waals surface area contributed by atoms with E-state index in [4.69, 9.17) is 0 Å². The third kappa shape index (κ3) is 3.03. The van der Waals surface area contributed by atoms with Crippen molar-refractivity contribution in [2.24, 2.45) is 5.92 Å². The van der Waals surface area contributed by atoms with Gasteiger partial charge in [-0.25, -0.2) is 0 Å². The Morgan fingerprint density at radius 2 is 2.35 bits per heavy atom. The summed E-state index contributed by atoms with van der Waals surface area (Å²) in [5, 5.41) is 9.98. The average molecular weight is 253 g/mol.